The lowest BCUT2D eigenvalue weighted by Crippen LogP contribution is -3.08. The number of quaternary nitrogens is 1. The van der Waals surface area contributed by atoms with Gasteiger partial charge in [0.15, 0.2) is 5.37 Å². The first-order chi connectivity index (χ1) is 16.5. The van der Waals surface area contributed by atoms with Gasteiger partial charge >= 0.3 is 5.97 Å². The lowest BCUT2D eigenvalue weighted by atomic mass is 9.99. The van der Waals surface area contributed by atoms with E-state index in [4.69, 9.17) is 0 Å². The summed E-state index contributed by atoms with van der Waals surface area (Å²) in [5, 5.41) is 10.0. The van der Waals surface area contributed by atoms with Crippen molar-refractivity contribution in [1.29, 1.82) is 0 Å². The molecule has 0 amide bonds. The molecule has 34 heavy (non-hydrogen) atoms. The summed E-state index contributed by atoms with van der Waals surface area (Å²) in [6, 6.07) is 23.7. The molecule has 3 aromatic carbocycles. The number of aromatic carboxylic acids is 1. The number of nitrogens with one attached hydrogen (secondary N) is 1. The molecule has 0 saturated carbocycles. The number of carboxylic acids is 1. The first-order valence-corrected chi connectivity index (χ1v) is 12.7. The van der Waals surface area contributed by atoms with Crippen molar-refractivity contribution in [3.8, 4) is 0 Å². The highest BCUT2D eigenvalue weighted by Gasteiger charge is 2.33. The minimum absolute atomic E-state index is 0.149. The fourth-order valence-electron chi connectivity index (χ4n) is 4.28. The molecule has 174 valence electrons. The highest BCUT2D eigenvalue weighted by molar-refractivity contribution is 8.00. The molecule has 0 fully saturated rings. The van der Waals surface area contributed by atoms with Gasteiger partial charge in [-0.3, -0.25) is 4.90 Å². The second-order valence-corrected chi connectivity index (χ2v) is 9.64. The fourth-order valence-corrected chi connectivity index (χ4v) is 5.97. The quantitative estimate of drug-likeness (QED) is 0.278. The second-order valence-electron chi connectivity index (χ2n) is 7.98. The molecule has 0 aliphatic carbocycles. The maximum absolute atomic E-state index is 12.0. The average Bonchev–Trinajstić information content (AvgIpc) is 3.21. The third-order valence-corrected chi connectivity index (χ3v) is 7.64. The molecule has 0 aromatic heterocycles. The maximum Gasteiger partial charge on any atom is 0.336 e. The number of benzene rings is 3. The smallest absolute Gasteiger partial charge is 0.336 e. The van der Waals surface area contributed by atoms with Gasteiger partial charge in [-0.05, 0) is 61.4 Å². The van der Waals surface area contributed by atoms with E-state index >= 15 is 0 Å². The third kappa shape index (κ3) is 5.09. The molecule has 0 bridgehead atoms. The molecule has 6 heteroatoms. The Labute approximate surface area is 211 Å². The van der Waals surface area contributed by atoms with Crippen molar-refractivity contribution >= 4 is 47.3 Å². The normalized spacial score (nSPS) is 17.7. The van der Waals surface area contributed by atoms with Crippen molar-refractivity contribution in [2.75, 3.05) is 18.0 Å². The van der Waals surface area contributed by atoms with E-state index in [9.17, 15) is 9.90 Å². The summed E-state index contributed by atoms with van der Waals surface area (Å²) in [4.78, 5) is 17.7. The Kier molecular flexibility index (Phi) is 7.83. The Morgan fingerprint density at radius 2 is 1.71 bits per heavy atom. The molecular formula is C28H29N2O2S2+. The predicted octanol–water partition coefficient (Wildman–Crippen LogP) is 5.77. The summed E-state index contributed by atoms with van der Waals surface area (Å²) in [5.41, 5.74) is 4.22. The SMILES string of the molecule is CCN(/C=C/C(=C/C1Sc2ccccc2[NH+]1CC)c1ccccc1C(=O)O)c1ccccc1S. The molecule has 2 N–H and O–H groups in total. The highest BCUT2D eigenvalue weighted by atomic mass is 32.2. The predicted molar refractivity (Wildman–Crippen MR) is 144 cm³/mol. The molecule has 0 saturated heterocycles. The van der Waals surface area contributed by atoms with Crippen molar-refractivity contribution in [2.24, 2.45) is 0 Å². The maximum atomic E-state index is 12.0. The number of hydrogen-bond acceptors (Lipinski definition) is 4. The van der Waals surface area contributed by atoms with E-state index in [1.165, 1.54) is 15.5 Å². The summed E-state index contributed by atoms with van der Waals surface area (Å²) >= 11 is 6.45. The zero-order valence-electron chi connectivity index (χ0n) is 19.3. The molecule has 0 radical (unpaired) electrons. The fraction of sp³-hybridized carbons (Fsp3) is 0.179. The minimum Gasteiger partial charge on any atom is -0.478 e. The van der Waals surface area contributed by atoms with Crippen LogP contribution in [0.15, 0.2) is 101 Å². The van der Waals surface area contributed by atoms with Crippen LogP contribution in [-0.2, 0) is 0 Å². The van der Waals surface area contributed by atoms with E-state index < -0.39 is 5.97 Å². The lowest BCUT2D eigenvalue weighted by Gasteiger charge is -2.21. The summed E-state index contributed by atoms with van der Waals surface area (Å²) in [6.07, 6.45) is 6.27. The number of fused-ring (bicyclic) bond motifs is 1. The standard InChI is InChI=1S/C28H28N2O2S2/c1-3-29(23-13-7-9-15-25(23)33)18-17-20(21-11-5-6-12-22(21)28(31)32)19-27-30(4-2)24-14-8-10-16-26(24)34-27/h5-19,27,33H,3-4H2,1-2H3,(H,31,32)/p+1/b18-17+,20-19-. The molecule has 3 aromatic rings. The van der Waals surface area contributed by atoms with Crippen LogP contribution in [-0.4, -0.2) is 29.5 Å². The van der Waals surface area contributed by atoms with Gasteiger partial charge in [0.25, 0.3) is 0 Å². The Bertz CT molecular complexity index is 1240. The number of likely N-dealkylation sites (N-methyl/N-ethyl adjacent to an activating group) is 1. The Balaban J connectivity index is 1.78. The third-order valence-electron chi connectivity index (χ3n) is 5.98. The van der Waals surface area contributed by atoms with Gasteiger partial charge in [-0.1, -0.05) is 54.2 Å². The summed E-state index contributed by atoms with van der Waals surface area (Å²) in [6.45, 7) is 5.97. The molecule has 1 aliphatic heterocycles. The van der Waals surface area contributed by atoms with Gasteiger partial charge in [0.1, 0.15) is 5.69 Å². The van der Waals surface area contributed by atoms with Crippen LogP contribution in [0, 0.1) is 0 Å². The van der Waals surface area contributed by atoms with Gasteiger partial charge in [-0.15, -0.1) is 12.6 Å². The van der Waals surface area contributed by atoms with Crippen molar-refractivity contribution in [2.45, 2.75) is 29.0 Å². The topological polar surface area (TPSA) is 45.0 Å². The van der Waals surface area contributed by atoms with Crippen molar-refractivity contribution < 1.29 is 14.8 Å². The number of carbonyl (C=O) groups is 1. The lowest BCUT2D eigenvalue weighted by molar-refractivity contribution is -0.832. The molecule has 1 heterocycles. The summed E-state index contributed by atoms with van der Waals surface area (Å²) in [5.74, 6) is -0.926. The van der Waals surface area contributed by atoms with Crippen LogP contribution in [0.25, 0.3) is 5.57 Å². The number of rotatable bonds is 8. The van der Waals surface area contributed by atoms with Gasteiger partial charge in [-0.2, -0.15) is 0 Å². The average molecular weight is 490 g/mol. The van der Waals surface area contributed by atoms with E-state index in [2.05, 4.69) is 61.7 Å². The van der Waals surface area contributed by atoms with Crippen molar-refractivity contribution in [1.82, 2.24) is 0 Å². The first kappa shape index (κ1) is 24.2. The van der Waals surface area contributed by atoms with Gasteiger partial charge in [0.2, 0.25) is 0 Å². The largest absolute Gasteiger partial charge is 0.478 e. The van der Waals surface area contributed by atoms with E-state index in [1.807, 2.05) is 60.4 Å². The summed E-state index contributed by atoms with van der Waals surface area (Å²) in [7, 11) is 0. The van der Waals surface area contributed by atoms with Crippen LogP contribution in [0.1, 0.15) is 29.8 Å². The van der Waals surface area contributed by atoms with Gasteiger partial charge in [0.05, 0.1) is 22.7 Å². The van der Waals surface area contributed by atoms with Gasteiger partial charge < -0.3 is 10.0 Å². The Hall–Kier alpha value is -2.93. The van der Waals surface area contributed by atoms with Crippen LogP contribution >= 0.6 is 24.4 Å². The van der Waals surface area contributed by atoms with E-state index in [1.54, 1.807) is 12.1 Å². The molecule has 0 spiro atoms. The highest BCUT2D eigenvalue weighted by Crippen LogP contribution is 2.35. The number of thioether (sulfide) groups is 1. The summed E-state index contributed by atoms with van der Waals surface area (Å²) < 4.78 is 0. The number of anilines is 1. The van der Waals surface area contributed by atoms with Gasteiger partial charge in [-0.25, -0.2) is 4.79 Å². The van der Waals surface area contributed by atoms with E-state index in [0.29, 0.717) is 11.1 Å². The Morgan fingerprint density at radius 1 is 1.03 bits per heavy atom. The molecule has 2 unspecified atom stereocenters. The van der Waals surface area contributed by atoms with E-state index in [-0.39, 0.29) is 5.37 Å². The van der Waals surface area contributed by atoms with Crippen LogP contribution < -0.4 is 9.80 Å². The Morgan fingerprint density at radius 3 is 2.41 bits per heavy atom. The molecule has 2 atom stereocenters. The molecule has 4 nitrogen and oxygen atoms in total. The zero-order chi connectivity index (χ0) is 24.1. The monoisotopic (exact) mass is 489 g/mol. The first-order valence-electron chi connectivity index (χ1n) is 11.4. The van der Waals surface area contributed by atoms with Crippen LogP contribution in [0.4, 0.5) is 11.4 Å². The van der Waals surface area contributed by atoms with Crippen LogP contribution in [0.2, 0.25) is 0 Å². The number of thiol groups is 1. The molecule has 4 rings (SSSR count). The molecule has 1 aliphatic rings. The van der Waals surface area contributed by atoms with E-state index in [0.717, 1.165) is 29.2 Å². The number of nitrogens with zero attached hydrogens (tertiary/aromatic N) is 1. The number of hydrogen-bond donors (Lipinski definition) is 3. The number of para-hydroxylation sites is 2. The van der Waals surface area contributed by atoms with Crippen molar-refractivity contribution in [3.63, 3.8) is 0 Å². The van der Waals surface area contributed by atoms with Crippen LogP contribution in [0.5, 0.6) is 0 Å². The molecular weight excluding hydrogens is 460 g/mol. The van der Waals surface area contributed by atoms with Crippen molar-refractivity contribution in [3.05, 3.63) is 102 Å². The second kappa shape index (κ2) is 11.0. The van der Waals surface area contributed by atoms with Crippen LogP contribution in [0.3, 0.4) is 0 Å². The minimum atomic E-state index is -0.926. The number of allylic oxidation sites excluding steroid dienone is 2. The van der Waals surface area contributed by atoms with Gasteiger partial charge in [0, 0.05) is 23.7 Å². The zero-order valence-corrected chi connectivity index (χ0v) is 21.0. The number of carboxylic acid groups (broad SMARTS) is 1.